The fourth-order valence-electron chi connectivity index (χ4n) is 1.61. The summed E-state index contributed by atoms with van der Waals surface area (Å²) in [5, 5.41) is 3.08. The second kappa shape index (κ2) is 8.08. The van der Waals surface area contributed by atoms with Gasteiger partial charge in [0.05, 0.1) is 11.5 Å². The largest absolute Gasteiger partial charge is 0.370 e. The highest BCUT2D eigenvalue weighted by atomic mass is 32.2. The SMILES string of the molecule is CNC(C)c1ccc(S(=O)(=O)NCCOCC(N)=O)cc1. The van der Waals surface area contributed by atoms with Crippen molar-refractivity contribution in [2.24, 2.45) is 5.73 Å². The number of nitrogens with one attached hydrogen (secondary N) is 2. The summed E-state index contributed by atoms with van der Waals surface area (Å²) in [6, 6.07) is 6.78. The molecule has 0 heterocycles. The van der Waals surface area contributed by atoms with Crippen LogP contribution in [0.5, 0.6) is 0 Å². The lowest BCUT2D eigenvalue weighted by Gasteiger charge is -2.11. The molecule has 0 aliphatic carbocycles. The Morgan fingerprint density at radius 1 is 1.33 bits per heavy atom. The highest BCUT2D eigenvalue weighted by Gasteiger charge is 2.13. The van der Waals surface area contributed by atoms with Gasteiger partial charge in [-0.25, -0.2) is 13.1 Å². The monoisotopic (exact) mass is 315 g/mol. The quantitative estimate of drug-likeness (QED) is 0.544. The standard InChI is InChI=1S/C13H21N3O4S/c1-10(15-2)11-3-5-12(6-4-11)21(18,19)16-7-8-20-9-13(14)17/h3-6,10,15-16H,7-9H2,1-2H3,(H2,14,17). The minimum atomic E-state index is -3.58. The molecule has 1 aromatic carbocycles. The maximum Gasteiger partial charge on any atom is 0.243 e. The molecule has 0 aliphatic rings. The number of rotatable bonds is 9. The molecule has 0 saturated heterocycles. The third kappa shape index (κ3) is 5.80. The molecule has 1 rings (SSSR count). The van der Waals surface area contributed by atoms with Crippen LogP contribution in [0, 0.1) is 0 Å². The van der Waals surface area contributed by atoms with E-state index in [1.54, 1.807) is 24.3 Å². The van der Waals surface area contributed by atoms with Gasteiger partial charge in [-0.1, -0.05) is 12.1 Å². The van der Waals surface area contributed by atoms with Gasteiger partial charge in [-0.05, 0) is 31.7 Å². The predicted molar refractivity (Wildman–Crippen MR) is 79.1 cm³/mol. The van der Waals surface area contributed by atoms with Crippen molar-refractivity contribution in [1.29, 1.82) is 0 Å². The van der Waals surface area contributed by atoms with Crippen molar-refractivity contribution in [2.75, 3.05) is 26.8 Å². The van der Waals surface area contributed by atoms with E-state index in [-0.39, 0.29) is 30.7 Å². The first kappa shape index (κ1) is 17.6. The molecule has 4 N–H and O–H groups in total. The zero-order chi connectivity index (χ0) is 15.9. The lowest BCUT2D eigenvalue weighted by Crippen LogP contribution is -2.29. The van der Waals surface area contributed by atoms with E-state index in [4.69, 9.17) is 10.5 Å². The van der Waals surface area contributed by atoms with E-state index < -0.39 is 15.9 Å². The normalized spacial score (nSPS) is 13.0. The van der Waals surface area contributed by atoms with Crippen LogP contribution >= 0.6 is 0 Å². The molecule has 0 saturated carbocycles. The van der Waals surface area contributed by atoms with Crippen LogP contribution in [0.3, 0.4) is 0 Å². The van der Waals surface area contributed by atoms with Crippen LogP contribution in [-0.4, -0.2) is 41.1 Å². The Morgan fingerprint density at radius 2 is 1.95 bits per heavy atom. The number of benzene rings is 1. The van der Waals surface area contributed by atoms with E-state index in [0.717, 1.165) is 5.56 Å². The molecule has 1 aromatic rings. The Morgan fingerprint density at radius 3 is 2.48 bits per heavy atom. The molecular formula is C13H21N3O4S. The van der Waals surface area contributed by atoms with E-state index in [9.17, 15) is 13.2 Å². The highest BCUT2D eigenvalue weighted by molar-refractivity contribution is 7.89. The Labute approximate surface area is 124 Å². The number of ether oxygens (including phenoxy) is 1. The first-order valence-corrected chi connectivity index (χ1v) is 7.98. The maximum absolute atomic E-state index is 12.0. The van der Waals surface area contributed by atoms with Gasteiger partial charge in [0, 0.05) is 12.6 Å². The fourth-order valence-corrected chi connectivity index (χ4v) is 2.62. The predicted octanol–water partition coefficient (Wildman–Crippen LogP) is -0.253. The number of carbonyl (C=O) groups is 1. The third-order valence-corrected chi connectivity index (χ3v) is 4.38. The molecule has 1 atom stereocenters. The number of hydrogen-bond donors (Lipinski definition) is 3. The number of nitrogens with two attached hydrogens (primary N) is 1. The van der Waals surface area contributed by atoms with E-state index in [1.165, 1.54) is 0 Å². The Hall–Kier alpha value is -1.48. The van der Waals surface area contributed by atoms with Crippen molar-refractivity contribution >= 4 is 15.9 Å². The van der Waals surface area contributed by atoms with E-state index in [1.807, 2.05) is 14.0 Å². The van der Waals surface area contributed by atoms with E-state index >= 15 is 0 Å². The minimum absolute atomic E-state index is 0.0737. The maximum atomic E-state index is 12.0. The molecule has 0 spiro atoms. The van der Waals surface area contributed by atoms with Crippen LogP contribution < -0.4 is 15.8 Å². The number of hydrogen-bond acceptors (Lipinski definition) is 5. The Bertz CT molecular complexity index is 557. The minimum Gasteiger partial charge on any atom is -0.370 e. The van der Waals surface area contributed by atoms with Gasteiger partial charge >= 0.3 is 0 Å². The zero-order valence-corrected chi connectivity index (χ0v) is 12.9. The summed E-state index contributed by atoms with van der Waals surface area (Å²) in [5.41, 5.74) is 5.89. The molecule has 8 heteroatoms. The molecule has 1 unspecified atom stereocenters. The van der Waals surface area contributed by atoms with Crippen molar-refractivity contribution in [2.45, 2.75) is 17.9 Å². The molecule has 7 nitrogen and oxygen atoms in total. The molecule has 0 fully saturated rings. The Kier molecular flexibility index (Phi) is 6.76. The van der Waals surface area contributed by atoms with Gasteiger partial charge in [-0.3, -0.25) is 4.79 Å². The molecule has 21 heavy (non-hydrogen) atoms. The van der Waals surface area contributed by atoms with Gasteiger partial charge in [0.25, 0.3) is 0 Å². The van der Waals surface area contributed by atoms with Gasteiger partial charge < -0.3 is 15.8 Å². The summed E-state index contributed by atoms with van der Waals surface area (Å²) in [4.78, 5) is 10.6. The topological polar surface area (TPSA) is 111 Å². The summed E-state index contributed by atoms with van der Waals surface area (Å²) in [6.07, 6.45) is 0. The number of carbonyl (C=O) groups excluding carboxylic acids is 1. The number of amides is 1. The molecule has 0 aromatic heterocycles. The van der Waals surface area contributed by atoms with Crippen LogP contribution in [0.15, 0.2) is 29.2 Å². The summed E-state index contributed by atoms with van der Waals surface area (Å²) in [6.45, 7) is 1.91. The zero-order valence-electron chi connectivity index (χ0n) is 12.1. The van der Waals surface area contributed by atoms with E-state index in [0.29, 0.717) is 0 Å². The van der Waals surface area contributed by atoms with Crippen molar-refractivity contribution < 1.29 is 17.9 Å². The number of sulfonamides is 1. The molecular weight excluding hydrogens is 294 g/mol. The van der Waals surface area contributed by atoms with Gasteiger partial charge in [0.15, 0.2) is 0 Å². The second-order valence-corrected chi connectivity index (χ2v) is 6.26. The first-order valence-electron chi connectivity index (χ1n) is 6.49. The van der Waals surface area contributed by atoms with Crippen molar-refractivity contribution in [1.82, 2.24) is 10.0 Å². The average Bonchev–Trinajstić information content (AvgIpc) is 2.45. The molecule has 0 aliphatic heterocycles. The van der Waals surface area contributed by atoms with E-state index in [2.05, 4.69) is 10.0 Å². The summed E-state index contributed by atoms with van der Waals surface area (Å²) in [7, 11) is -1.74. The van der Waals surface area contributed by atoms with Crippen molar-refractivity contribution in [3.63, 3.8) is 0 Å². The third-order valence-electron chi connectivity index (χ3n) is 2.91. The lowest BCUT2D eigenvalue weighted by molar-refractivity contribution is -0.122. The van der Waals surface area contributed by atoms with Crippen molar-refractivity contribution in [3.8, 4) is 0 Å². The molecule has 1 amide bonds. The van der Waals surface area contributed by atoms with Gasteiger partial charge in [0.2, 0.25) is 15.9 Å². The molecule has 0 bridgehead atoms. The summed E-state index contributed by atoms with van der Waals surface area (Å²) in [5.74, 6) is -0.591. The van der Waals surface area contributed by atoms with Crippen LogP contribution in [-0.2, 0) is 19.6 Å². The summed E-state index contributed by atoms with van der Waals surface area (Å²) >= 11 is 0. The first-order chi connectivity index (χ1) is 9.86. The van der Waals surface area contributed by atoms with Crippen LogP contribution in [0.25, 0.3) is 0 Å². The highest BCUT2D eigenvalue weighted by Crippen LogP contribution is 2.15. The lowest BCUT2D eigenvalue weighted by atomic mass is 10.1. The summed E-state index contributed by atoms with van der Waals surface area (Å²) < 4.78 is 31.3. The molecule has 118 valence electrons. The number of primary amides is 1. The smallest absolute Gasteiger partial charge is 0.243 e. The van der Waals surface area contributed by atoms with Gasteiger partial charge in [-0.2, -0.15) is 0 Å². The Balaban J connectivity index is 2.56. The molecule has 0 radical (unpaired) electrons. The van der Waals surface area contributed by atoms with Gasteiger partial charge in [-0.15, -0.1) is 0 Å². The van der Waals surface area contributed by atoms with Crippen LogP contribution in [0.1, 0.15) is 18.5 Å². The second-order valence-electron chi connectivity index (χ2n) is 4.50. The van der Waals surface area contributed by atoms with Gasteiger partial charge in [0.1, 0.15) is 6.61 Å². The van der Waals surface area contributed by atoms with Crippen LogP contribution in [0.2, 0.25) is 0 Å². The fraction of sp³-hybridized carbons (Fsp3) is 0.462. The van der Waals surface area contributed by atoms with Crippen LogP contribution in [0.4, 0.5) is 0 Å². The van der Waals surface area contributed by atoms with Crippen molar-refractivity contribution in [3.05, 3.63) is 29.8 Å². The average molecular weight is 315 g/mol.